The van der Waals surface area contributed by atoms with E-state index >= 15 is 0 Å². The smallest absolute Gasteiger partial charge is 0.243 e. The average molecular weight is 459 g/mol. The number of aromatic nitrogens is 1. The number of hydrogen-bond donors (Lipinski definition) is 2. The van der Waals surface area contributed by atoms with Crippen molar-refractivity contribution in [3.05, 3.63) is 54.1 Å². The summed E-state index contributed by atoms with van der Waals surface area (Å²) in [5.74, 6) is -0.218. The van der Waals surface area contributed by atoms with Crippen LogP contribution in [0.3, 0.4) is 0 Å². The highest BCUT2D eigenvalue weighted by molar-refractivity contribution is 7.89. The summed E-state index contributed by atoms with van der Waals surface area (Å²) in [6.07, 6.45) is 2.82. The van der Waals surface area contributed by atoms with Crippen LogP contribution in [0.25, 0.3) is 10.2 Å². The number of carbonyl (C=O) groups is 1. The van der Waals surface area contributed by atoms with Gasteiger partial charge in [0, 0.05) is 19.6 Å². The number of para-hydroxylation sites is 1. The number of sulfonamides is 1. The number of carbonyl (C=O) groups excluding carboxylic acids is 1. The molecule has 0 saturated carbocycles. The van der Waals surface area contributed by atoms with Gasteiger partial charge in [0.15, 0.2) is 5.13 Å². The van der Waals surface area contributed by atoms with Gasteiger partial charge < -0.3 is 10.6 Å². The van der Waals surface area contributed by atoms with Crippen molar-refractivity contribution in [2.24, 2.45) is 0 Å². The number of rotatable bonds is 7. The number of anilines is 1. The van der Waals surface area contributed by atoms with Crippen LogP contribution in [0.5, 0.6) is 0 Å². The van der Waals surface area contributed by atoms with Crippen molar-refractivity contribution in [1.29, 1.82) is 0 Å². The van der Waals surface area contributed by atoms with E-state index in [9.17, 15) is 13.2 Å². The molecule has 0 radical (unpaired) electrons. The van der Waals surface area contributed by atoms with Crippen LogP contribution in [0.15, 0.2) is 53.4 Å². The lowest BCUT2D eigenvalue weighted by Crippen LogP contribution is -2.38. The van der Waals surface area contributed by atoms with Gasteiger partial charge in [-0.2, -0.15) is 4.31 Å². The molecule has 1 aliphatic heterocycles. The van der Waals surface area contributed by atoms with Crippen LogP contribution >= 0.6 is 11.3 Å². The summed E-state index contributed by atoms with van der Waals surface area (Å²) in [6.45, 7) is 3.00. The molecule has 31 heavy (non-hydrogen) atoms. The Bertz CT molecular complexity index is 1140. The van der Waals surface area contributed by atoms with Crippen LogP contribution < -0.4 is 10.6 Å². The van der Waals surface area contributed by atoms with Gasteiger partial charge in [-0.3, -0.25) is 4.79 Å². The fourth-order valence-corrected chi connectivity index (χ4v) is 6.36. The second kappa shape index (κ2) is 9.33. The zero-order valence-electron chi connectivity index (χ0n) is 17.4. The number of benzene rings is 2. The lowest BCUT2D eigenvalue weighted by atomic mass is 10.2. The summed E-state index contributed by atoms with van der Waals surface area (Å²) in [6, 6.07) is 14.2. The zero-order chi connectivity index (χ0) is 21.8. The maximum Gasteiger partial charge on any atom is 0.243 e. The molecule has 0 bridgehead atoms. The molecule has 1 fully saturated rings. The summed E-state index contributed by atoms with van der Waals surface area (Å²) in [5, 5.41) is 6.67. The number of thiazole rings is 1. The third-order valence-electron chi connectivity index (χ3n) is 5.39. The minimum atomic E-state index is -3.57. The number of nitrogens with one attached hydrogen (secondary N) is 2. The van der Waals surface area contributed by atoms with E-state index in [1.54, 1.807) is 35.5 Å². The molecule has 3 aromatic rings. The van der Waals surface area contributed by atoms with Crippen molar-refractivity contribution in [2.45, 2.75) is 43.7 Å². The second-order valence-corrected chi connectivity index (χ2v) is 10.6. The number of fused-ring (bicyclic) bond motifs is 1. The van der Waals surface area contributed by atoms with Crippen LogP contribution in [0.4, 0.5) is 5.13 Å². The number of hydrogen-bond acceptors (Lipinski definition) is 6. The number of piperidine rings is 1. The van der Waals surface area contributed by atoms with E-state index in [1.807, 2.05) is 24.3 Å². The molecule has 1 unspecified atom stereocenters. The highest BCUT2D eigenvalue weighted by Crippen LogP contribution is 2.26. The van der Waals surface area contributed by atoms with Gasteiger partial charge in [-0.1, -0.05) is 48.1 Å². The Morgan fingerprint density at radius 2 is 1.81 bits per heavy atom. The summed E-state index contributed by atoms with van der Waals surface area (Å²) in [5.41, 5.74) is 1.48. The van der Waals surface area contributed by atoms with E-state index in [4.69, 9.17) is 0 Å². The summed E-state index contributed by atoms with van der Waals surface area (Å²) in [7, 11) is -3.57. The molecule has 0 aliphatic carbocycles. The molecule has 1 aliphatic rings. The lowest BCUT2D eigenvalue weighted by Gasteiger charge is -2.27. The SMILES string of the molecule is CC(Nc1nc2ccccc2s1)C(=O)NCc1ccccc1S(=O)(=O)N1CCCCC1. The Balaban J connectivity index is 1.42. The van der Waals surface area contributed by atoms with Crippen LogP contribution in [0.2, 0.25) is 0 Å². The zero-order valence-corrected chi connectivity index (χ0v) is 19.0. The van der Waals surface area contributed by atoms with E-state index < -0.39 is 16.1 Å². The second-order valence-electron chi connectivity index (χ2n) is 7.64. The van der Waals surface area contributed by atoms with Crippen LogP contribution in [0, 0.1) is 0 Å². The molecule has 7 nitrogen and oxygen atoms in total. The van der Waals surface area contributed by atoms with Gasteiger partial charge in [0.05, 0.1) is 15.1 Å². The Kier molecular flexibility index (Phi) is 6.54. The van der Waals surface area contributed by atoms with E-state index in [-0.39, 0.29) is 17.3 Å². The van der Waals surface area contributed by atoms with E-state index in [1.165, 1.54) is 11.3 Å². The summed E-state index contributed by atoms with van der Waals surface area (Å²) >= 11 is 1.49. The molecule has 2 N–H and O–H groups in total. The van der Waals surface area contributed by atoms with E-state index in [2.05, 4.69) is 15.6 Å². The first kappa shape index (κ1) is 21.7. The maximum absolute atomic E-state index is 13.1. The van der Waals surface area contributed by atoms with Crippen LogP contribution in [-0.4, -0.2) is 42.7 Å². The maximum atomic E-state index is 13.1. The Labute approximate surface area is 186 Å². The normalized spacial score (nSPS) is 16.2. The third kappa shape index (κ3) is 4.89. The van der Waals surface area contributed by atoms with Crippen molar-refractivity contribution in [2.75, 3.05) is 18.4 Å². The van der Waals surface area contributed by atoms with E-state index in [0.717, 1.165) is 29.5 Å². The monoisotopic (exact) mass is 458 g/mol. The van der Waals surface area contributed by atoms with Gasteiger partial charge >= 0.3 is 0 Å². The first-order valence-electron chi connectivity index (χ1n) is 10.4. The van der Waals surface area contributed by atoms with Gasteiger partial charge in [-0.05, 0) is 43.5 Å². The van der Waals surface area contributed by atoms with Gasteiger partial charge in [0.2, 0.25) is 15.9 Å². The van der Waals surface area contributed by atoms with Gasteiger partial charge in [0.25, 0.3) is 0 Å². The molecule has 1 saturated heterocycles. The summed E-state index contributed by atoms with van der Waals surface area (Å²) in [4.78, 5) is 17.4. The number of nitrogens with zero attached hydrogens (tertiary/aromatic N) is 2. The third-order valence-corrected chi connectivity index (χ3v) is 8.35. The van der Waals surface area contributed by atoms with Crippen molar-refractivity contribution in [3.63, 3.8) is 0 Å². The average Bonchev–Trinajstić information content (AvgIpc) is 3.20. The number of amides is 1. The fourth-order valence-electron chi connectivity index (χ4n) is 3.67. The molecule has 1 atom stereocenters. The molecule has 0 spiro atoms. The molecule has 2 aromatic carbocycles. The Hall–Kier alpha value is -2.49. The Morgan fingerprint density at radius 1 is 1.10 bits per heavy atom. The molecule has 1 aromatic heterocycles. The molecular weight excluding hydrogens is 432 g/mol. The van der Waals surface area contributed by atoms with Crippen molar-refractivity contribution in [3.8, 4) is 0 Å². The minimum Gasteiger partial charge on any atom is -0.350 e. The molecule has 164 valence electrons. The standard InChI is InChI=1S/C22H26N4O3S2/c1-16(24-22-25-18-10-4-5-11-19(18)30-22)21(27)23-15-17-9-3-6-12-20(17)31(28,29)26-13-7-2-8-14-26/h3-6,9-12,16H,2,7-8,13-15H2,1H3,(H,23,27)(H,24,25). The molecule has 4 rings (SSSR count). The fraction of sp³-hybridized carbons (Fsp3) is 0.364. The molecule has 9 heteroatoms. The quantitative estimate of drug-likeness (QED) is 0.565. The van der Waals surface area contributed by atoms with Crippen LogP contribution in [-0.2, 0) is 21.4 Å². The topological polar surface area (TPSA) is 91.4 Å². The first-order chi connectivity index (χ1) is 14.9. The van der Waals surface area contributed by atoms with Crippen molar-refractivity contribution >= 4 is 42.6 Å². The summed E-state index contributed by atoms with van der Waals surface area (Å²) < 4.78 is 28.8. The van der Waals surface area contributed by atoms with E-state index in [0.29, 0.717) is 23.8 Å². The predicted octanol–water partition coefficient (Wildman–Crippen LogP) is 3.59. The molecular formula is C22H26N4O3S2. The van der Waals surface area contributed by atoms with Crippen molar-refractivity contribution < 1.29 is 13.2 Å². The van der Waals surface area contributed by atoms with Crippen molar-refractivity contribution in [1.82, 2.24) is 14.6 Å². The van der Waals surface area contributed by atoms with Gasteiger partial charge in [-0.15, -0.1) is 0 Å². The van der Waals surface area contributed by atoms with Gasteiger partial charge in [0.1, 0.15) is 6.04 Å². The first-order valence-corrected chi connectivity index (χ1v) is 12.7. The minimum absolute atomic E-state index is 0.147. The lowest BCUT2D eigenvalue weighted by molar-refractivity contribution is -0.121. The highest BCUT2D eigenvalue weighted by Gasteiger charge is 2.28. The highest BCUT2D eigenvalue weighted by atomic mass is 32.2. The molecule has 2 heterocycles. The largest absolute Gasteiger partial charge is 0.350 e. The van der Waals surface area contributed by atoms with Crippen LogP contribution in [0.1, 0.15) is 31.7 Å². The van der Waals surface area contributed by atoms with Gasteiger partial charge in [-0.25, -0.2) is 13.4 Å². The molecule has 1 amide bonds. The Morgan fingerprint density at radius 3 is 2.58 bits per heavy atom. The predicted molar refractivity (Wildman–Crippen MR) is 124 cm³/mol.